The first-order valence-electron chi connectivity index (χ1n) is 7.57. The standard InChI is InChI=1S/C17H24O6/c1-5-22-16(18)14(17(19)23-6-2)11-15(21-4)12-7-9-13(20-3)10-8-12/h7-10,14-15H,5-6,11H2,1-4H3. The lowest BCUT2D eigenvalue weighted by molar-refractivity contribution is -0.163. The summed E-state index contributed by atoms with van der Waals surface area (Å²) in [7, 11) is 3.11. The lowest BCUT2D eigenvalue weighted by Gasteiger charge is -2.21. The zero-order valence-electron chi connectivity index (χ0n) is 14.0. The molecular formula is C17H24O6. The quantitative estimate of drug-likeness (QED) is 0.513. The van der Waals surface area contributed by atoms with E-state index in [0.717, 1.165) is 11.3 Å². The van der Waals surface area contributed by atoms with Crippen LogP contribution in [0.1, 0.15) is 31.9 Å². The minimum Gasteiger partial charge on any atom is -0.497 e. The summed E-state index contributed by atoms with van der Waals surface area (Å²) in [6.45, 7) is 3.79. The van der Waals surface area contributed by atoms with Crippen molar-refractivity contribution < 1.29 is 28.5 Å². The molecule has 23 heavy (non-hydrogen) atoms. The van der Waals surface area contributed by atoms with Crippen molar-refractivity contribution in [1.82, 2.24) is 0 Å². The molecule has 6 heteroatoms. The van der Waals surface area contributed by atoms with Crippen LogP contribution in [-0.2, 0) is 23.8 Å². The van der Waals surface area contributed by atoms with Crippen LogP contribution in [0.4, 0.5) is 0 Å². The van der Waals surface area contributed by atoms with Crippen molar-refractivity contribution in [3.63, 3.8) is 0 Å². The molecule has 1 aromatic carbocycles. The van der Waals surface area contributed by atoms with E-state index in [1.54, 1.807) is 33.1 Å². The third-order valence-corrected chi connectivity index (χ3v) is 3.36. The Hall–Kier alpha value is -2.08. The van der Waals surface area contributed by atoms with Crippen LogP contribution in [0.15, 0.2) is 24.3 Å². The highest BCUT2D eigenvalue weighted by molar-refractivity contribution is 5.94. The smallest absolute Gasteiger partial charge is 0.320 e. The number of benzene rings is 1. The fourth-order valence-corrected chi connectivity index (χ4v) is 2.18. The second-order valence-electron chi connectivity index (χ2n) is 4.79. The lowest BCUT2D eigenvalue weighted by atomic mass is 9.96. The number of hydrogen-bond donors (Lipinski definition) is 0. The van der Waals surface area contributed by atoms with Gasteiger partial charge in [-0.25, -0.2) is 0 Å². The highest BCUT2D eigenvalue weighted by Gasteiger charge is 2.33. The predicted octanol–water partition coefficient (Wildman–Crippen LogP) is 2.52. The first-order chi connectivity index (χ1) is 11.1. The largest absolute Gasteiger partial charge is 0.497 e. The highest BCUT2D eigenvalue weighted by Crippen LogP contribution is 2.27. The Bertz CT molecular complexity index is 478. The monoisotopic (exact) mass is 324 g/mol. The van der Waals surface area contributed by atoms with Gasteiger partial charge in [0.25, 0.3) is 0 Å². The van der Waals surface area contributed by atoms with E-state index in [4.69, 9.17) is 18.9 Å². The van der Waals surface area contributed by atoms with Gasteiger partial charge in [0.05, 0.1) is 26.4 Å². The average molecular weight is 324 g/mol. The van der Waals surface area contributed by atoms with E-state index in [-0.39, 0.29) is 19.6 Å². The maximum absolute atomic E-state index is 12.0. The van der Waals surface area contributed by atoms with Gasteiger partial charge in [-0.2, -0.15) is 0 Å². The van der Waals surface area contributed by atoms with Crippen LogP contribution in [0.3, 0.4) is 0 Å². The van der Waals surface area contributed by atoms with Gasteiger partial charge < -0.3 is 18.9 Å². The van der Waals surface area contributed by atoms with E-state index >= 15 is 0 Å². The molecule has 0 heterocycles. The molecule has 0 N–H and O–H groups in total. The zero-order valence-corrected chi connectivity index (χ0v) is 14.0. The van der Waals surface area contributed by atoms with Crippen LogP contribution in [-0.4, -0.2) is 39.4 Å². The van der Waals surface area contributed by atoms with E-state index in [0.29, 0.717) is 0 Å². The molecule has 6 nitrogen and oxygen atoms in total. The van der Waals surface area contributed by atoms with Crippen LogP contribution in [0.25, 0.3) is 0 Å². The number of carbonyl (C=O) groups is 2. The summed E-state index contributed by atoms with van der Waals surface area (Å²) in [5.41, 5.74) is 0.840. The van der Waals surface area contributed by atoms with Crippen molar-refractivity contribution >= 4 is 11.9 Å². The minimum absolute atomic E-state index is 0.153. The molecule has 0 amide bonds. The van der Waals surface area contributed by atoms with Gasteiger partial charge in [0.1, 0.15) is 5.75 Å². The molecule has 1 rings (SSSR count). The molecule has 1 atom stereocenters. The molecule has 0 aromatic heterocycles. The Kier molecular flexibility index (Phi) is 8.11. The van der Waals surface area contributed by atoms with Crippen LogP contribution in [0.5, 0.6) is 5.75 Å². The van der Waals surface area contributed by atoms with Crippen molar-refractivity contribution in [2.24, 2.45) is 5.92 Å². The van der Waals surface area contributed by atoms with Crippen LogP contribution in [0, 0.1) is 5.92 Å². The molecule has 0 saturated heterocycles. The van der Waals surface area contributed by atoms with Gasteiger partial charge >= 0.3 is 11.9 Å². The molecule has 1 unspecified atom stereocenters. The Morgan fingerprint density at radius 2 is 1.48 bits per heavy atom. The number of rotatable bonds is 9. The molecule has 0 aliphatic carbocycles. The Labute approximate surface area is 136 Å². The summed E-state index contributed by atoms with van der Waals surface area (Å²) in [6, 6.07) is 7.26. The normalized spacial score (nSPS) is 11.9. The zero-order chi connectivity index (χ0) is 17.2. The topological polar surface area (TPSA) is 71.1 Å². The van der Waals surface area contributed by atoms with Gasteiger partial charge in [-0.05, 0) is 31.5 Å². The van der Waals surface area contributed by atoms with Gasteiger partial charge in [-0.15, -0.1) is 0 Å². The van der Waals surface area contributed by atoms with Crippen LogP contribution >= 0.6 is 0 Å². The summed E-state index contributed by atoms with van der Waals surface area (Å²) in [4.78, 5) is 24.1. The van der Waals surface area contributed by atoms with Gasteiger partial charge in [-0.3, -0.25) is 9.59 Å². The van der Waals surface area contributed by atoms with E-state index in [1.165, 1.54) is 7.11 Å². The molecule has 0 aliphatic rings. The molecule has 1 aromatic rings. The van der Waals surface area contributed by atoms with Crippen molar-refractivity contribution in [3.05, 3.63) is 29.8 Å². The summed E-state index contributed by atoms with van der Waals surface area (Å²) in [6.07, 6.45) is -0.278. The fourth-order valence-electron chi connectivity index (χ4n) is 2.18. The number of ether oxygens (including phenoxy) is 4. The number of methoxy groups -OCH3 is 2. The van der Waals surface area contributed by atoms with Crippen molar-refractivity contribution in [3.8, 4) is 5.75 Å². The van der Waals surface area contributed by atoms with Gasteiger partial charge in [0.2, 0.25) is 0 Å². The summed E-state index contributed by atoms with van der Waals surface area (Å²) in [5, 5.41) is 0. The van der Waals surface area contributed by atoms with Crippen LogP contribution in [0.2, 0.25) is 0 Å². The first-order valence-corrected chi connectivity index (χ1v) is 7.57. The van der Waals surface area contributed by atoms with Gasteiger partial charge in [0.15, 0.2) is 5.92 Å². The molecule has 0 fully saturated rings. The number of hydrogen-bond acceptors (Lipinski definition) is 6. The fraction of sp³-hybridized carbons (Fsp3) is 0.529. The molecule has 0 saturated carbocycles. The number of esters is 2. The maximum atomic E-state index is 12.0. The number of carbonyl (C=O) groups excluding carboxylic acids is 2. The molecular weight excluding hydrogens is 300 g/mol. The van der Waals surface area contributed by atoms with Crippen molar-refractivity contribution in [2.45, 2.75) is 26.4 Å². The molecule has 0 aliphatic heterocycles. The van der Waals surface area contributed by atoms with E-state index < -0.39 is 24.0 Å². The Balaban J connectivity index is 2.92. The molecule has 0 spiro atoms. The lowest BCUT2D eigenvalue weighted by Crippen LogP contribution is -2.30. The predicted molar refractivity (Wildman–Crippen MR) is 84.1 cm³/mol. The average Bonchev–Trinajstić information content (AvgIpc) is 2.56. The second kappa shape index (κ2) is 9.84. The Morgan fingerprint density at radius 1 is 0.957 bits per heavy atom. The Morgan fingerprint density at radius 3 is 1.87 bits per heavy atom. The van der Waals surface area contributed by atoms with Crippen LogP contribution < -0.4 is 4.74 Å². The summed E-state index contributed by atoms with van der Waals surface area (Å²) < 4.78 is 20.5. The van der Waals surface area contributed by atoms with E-state index in [1.807, 2.05) is 12.1 Å². The second-order valence-corrected chi connectivity index (χ2v) is 4.79. The molecule has 0 radical (unpaired) electrons. The highest BCUT2D eigenvalue weighted by atomic mass is 16.6. The van der Waals surface area contributed by atoms with Crippen molar-refractivity contribution in [2.75, 3.05) is 27.4 Å². The third kappa shape index (κ3) is 5.56. The van der Waals surface area contributed by atoms with Crippen molar-refractivity contribution in [1.29, 1.82) is 0 Å². The summed E-state index contributed by atoms with van der Waals surface area (Å²) in [5.74, 6) is -1.49. The van der Waals surface area contributed by atoms with E-state index in [2.05, 4.69) is 0 Å². The molecule has 128 valence electrons. The summed E-state index contributed by atoms with van der Waals surface area (Å²) >= 11 is 0. The first kappa shape index (κ1) is 19.0. The maximum Gasteiger partial charge on any atom is 0.320 e. The SMILES string of the molecule is CCOC(=O)C(CC(OC)c1ccc(OC)cc1)C(=O)OCC. The van der Waals surface area contributed by atoms with Gasteiger partial charge in [0, 0.05) is 13.5 Å². The van der Waals surface area contributed by atoms with E-state index in [9.17, 15) is 9.59 Å². The molecule has 0 bridgehead atoms. The van der Waals surface area contributed by atoms with Gasteiger partial charge in [-0.1, -0.05) is 12.1 Å². The third-order valence-electron chi connectivity index (χ3n) is 3.36. The minimum atomic E-state index is -1.01.